The van der Waals surface area contributed by atoms with Crippen molar-refractivity contribution in [3.63, 3.8) is 0 Å². The Morgan fingerprint density at radius 3 is 2.03 bits per heavy atom. The largest absolute Gasteiger partial charge is 0.507 e. The molecule has 1 fully saturated rings. The summed E-state index contributed by atoms with van der Waals surface area (Å²) in [5, 5.41) is 18.9. The SMILES string of the molecule is COc1ccc(O)c(C(=O)c2ccc(C(=O)NC3CNC[C@H]3NC(=O)c3ccncc3)cc2)c1F. The summed E-state index contributed by atoms with van der Waals surface area (Å²) in [6.45, 7) is 0.961. The molecule has 10 heteroatoms. The zero-order valence-electron chi connectivity index (χ0n) is 18.7. The Bertz CT molecular complexity index is 1250. The maximum Gasteiger partial charge on any atom is 0.251 e. The van der Waals surface area contributed by atoms with Crippen LogP contribution in [0.1, 0.15) is 36.6 Å². The molecule has 1 aliphatic rings. The van der Waals surface area contributed by atoms with Gasteiger partial charge in [-0.2, -0.15) is 0 Å². The van der Waals surface area contributed by atoms with Gasteiger partial charge in [-0.1, -0.05) is 12.1 Å². The highest BCUT2D eigenvalue weighted by molar-refractivity contribution is 6.11. The molecule has 2 aromatic carbocycles. The fourth-order valence-electron chi connectivity index (χ4n) is 3.83. The van der Waals surface area contributed by atoms with Crippen molar-refractivity contribution in [2.75, 3.05) is 20.2 Å². The number of benzene rings is 2. The Labute approximate surface area is 200 Å². The number of aromatic nitrogens is 1. The minimum absolute atomic E-state index is 0.0917. The second-order valence-electron chi connectivity index (χ2n) is 7.94. The third-order valence-corrected chi connectivity index (χ3v) is 5.73. The molecule has 35 heavy (non-hydrogen) atoms. The van der Waals surface area contributed by atoms with Crippen LogP contribution < -0.4 is 20.7 Å². The molecule has 2 amide bonds. The molecule has 4 rings (SSSR count). The standard InChI is InChI=1S/C25H23FN4O5/c1-35-20-7-6-19(31)21(22(20)26)23(32)14-2-4-15(5-3-14)24(33)29-17-12-28-13-18(17)30-25(34)16-8-10-27-11-9-16/h2-11,17-18,28,31H,12-13H2,1H3,(H,29,33)(H,30,34)/t17?,18-/m1/s1. The zero-order valence-corrected chi connectivity index (χ0v) is 18.7. The molecule has 2 heterocycles. The maximum atomic E-state index is 14.5. The van der Waals surface area contributed by atoms with Crippen molar-refractivity contribution >= 4 is 17.6 Å². The normalized spacial score (nSPS) is 17.0. The number of halogens is 1. The molecule has 0 bridgehead atoms. The van der Waals surface area contributed by atoms with Crippen molar-refractivity contribution in [2.24, 2.45) is 0 Å². The number of hydrogen-bond donors (Lipinski definition) is 4. The maximum absolute atomic E-state index is 14.5. The number of hydrogen-bond acceptors (Lipinski definition) is 7. The van der Waals surface area contributed by atoms with Crippen LogP contribution >= 0.6 is 0 Å². The van der Waals surface area contributed by atoms with Crippen molar-refractivity contribution in [1.82, 2.24) is 20.9 Å². The van der Waals surface area contributed by atoms with Gasteiger partial charge in [0.25, 0.3) is 11.8 Å². The van der Waals surface area contributed by atoms with E-state index in [1.165, 1.54) is 55.9 Å². The number of ether oxygens (including phenoxy) is 1. The van der Waals surface area contributed by atoms with E-state index >= 15 is 0 Å². The molecule has 1 unspecified atom stereocenters. The number of methoxy groups -OCH3 is 1. The first-order valence-corrected chi connectivity index (χ1v) is 10.8. The lowest BCUT2D eigenvalue weighted by atomic mass is 10.00. The topological polar surface area (TPSA) is 130 Å². The van der Waals surface area contributed by atoms with Gasteiger partial charge in [-0.3, -0.25) is 19.4 Å². The lowest BCUT2D eigenvalue weighted by Gasteiger charge is -2.21. The van der Waals surface area contributed by atoms with Crippen molar-refractivity contribution in [1.29, 1.82) is 0 Å². The van der Waals surface area contributed by atoms with E-state index < -0.39 is 28.8 Å². The van der Waals surface area contributed by atoms with Crippen LogP contribution in [0.4, 0.5) is 4.39 Å². The molecule has 0 aliphatic carbocycles. The van der Waals surface area contributed by atoms with Crippen LogP contribution in [0.5, 0.6) is 11.5 Å². The van der Waals surface area contributed by atoms with Gasteiger partial charge in [0.15, 0.2) is 17.3 Å². The molecule has 0 spiro atoms. The number of carbonyl (C=O) groups is 3. The number of phenols is 1. The predicted molar refractivity (Wildman–Crippen MR) is 124 cm³/mol. The fraction of sp³-hybridized carbons (Fsp3) is 0.200. The number of nitrogens with one attached hydrogen (secondary N) is 3. The molecule has 1 aromatic heterocycles. The summed E-state index contributed by atoms with van der Waals surface area (Å²) in [4.78, 5) is 41.9. The van der Waals surface area contributed by atoms with Crippen LogP contribution in [-0.2, 0) is 0 Å². The van der Waals surface area contributed by atoms with Gasteiger partial charge >= 0.3 is 0 Å². The van der Waals surface area contributed by atoms with Crippen molar-refractivity contribution in [3.8, 4) is 11.5 Å². The first-order chi connectivity index (χ1) is 16.9. The summed E-state index contributed by atoms with van der Waals surface area (Å²) >= 11 is 0. The summed E-state index contributed by atoms with van der Waals surface area (Å²) in [5.74, 6) is -3.05. The number of aromatic hydroxyl groups is 1. The quantitative estimate of drug-likeness (QED) is 0.380. The van der Waals surface area contributed by atoms with E-state index in [1.54, 1.807) is 12.1 Å². The van der Waals surface area contributed by atoms with Gasteiger partial charge in [0.2, 0.25) is 0 Å². The molecule has 9 nitrogen and oxygen atoms in total. The second-order valence-corrected chi connectivity index (χ2v) is 7.94. The van der Waals surface area contributed by atoms with E-state index in [-0.39, 0.29) is 34.9 Å². The lowest BCUT2D eigenvalue weighted by molar-refractivity contribution is 0.0896. The Morgan fingerprint density at radius 1 is 0.914 bits per heavy atom. The van der Waals surface area contributed by atoms with Crippen LogP contribution in [-0.4, -0.2) is 60.0 Å². The van der Waals surface area contributed by atoms with Gasteiger partial charge in [0.05, 0.1) is 19.2 Å². The minimum atomic E-state index is -0.965. The Hall–Kier alpha value is -4.31. The van der Waals surface area contributed by atoms with E-state index in [1.807, 2.05) is 0 Å². The molecule has 2 atom stereocenters. The molecular weight excluding hydrogens is 455 g/mol. The number of nitrogens with zero attached hydrogens (tertiary/aromatic N) is 1. The summed E-state index contributed by atoms with van der Waals surface area (Å²) in [6, 6.07) is 10.6. The molecular formula is C25H23FN4O5. The molecule has 0 radical (unpaired) electrons. The number of pyridine rings is 1. The van der Waals surface area contributed by atoms with Crippen LogP contribution in [0, 0.1) is 5.82 Å². The average Bonchev–Trinajstić information content (AvgIpc) is 3.30. The van der Waals surface area contributed by atoms with Gasteiger partial charge in [0.1, 0.15) is 11.3 Å². The van der Waals surface area contributed by atoms with Gasteiger partial charge in [-0.25, -0.2) is 4.39 Å². The van der Waals surface area contributed by atoms with E-state index in [2.05, 4.69) is 20.9 Å². The van der Waals surface area contributed by atoms with E-state index in [9.17, 15) is 23.9 Å². The monoisotopic (exact) mass is 478 g/mol. The second kappa shape index (κ2) is 10.3. The molecule has 1 aliphatic heterocycles. The summed E-state index contributed by atoms with van der Waals surface area (Å²) < 4.78 is 19.4. The lowest BCUT2D eigenvalue weighted by Crippen LogP contribution is -2.51. The highest BCUT2D eigenvalue weighted by Gasteiger charge is 2.30. The highest BCUT2D eigenvalue weighted by Crippen LogP contribution is 2.30. The van der Waals surface area contributed by atoms with Gasteiger partial charge in [-0.05, 0) is 36.4 Å². The van der Waals surface area contributed by atoms with Crippen molar-refractivity contribution in [2.45, 2.75) is 12.1 Å². The molecule has 4 N–H and O–H groups in total. The van der Waals surface area contributed by atoms with Crippen LogP contribution in [0.2, 0.25) is 0 Å². The molecule has 0 saturated carbocycles. The highest BCUT2D eigenvalue weighted by atomic mass is 19.1. The molecule has 3 aromatic rings. The van der Waals surface area contributed by atoms with Gasteiger partial charge in [0, 0.05) is 42.2 Å². The number of phenolic OH excluding ortho intramolecular Hbond substituents is 1. The summed E-state index contributed by atoms with van der Waals surface area (Å²) in [7, 11) is 1.26. The van der Waals surface area contributed by atoms with Crippen molar-refractivity contribution in [3.05, 3.63) is 89.0 Å². The predicted octanol–water partition coefficient (Wildman–Crippen LogP) is 1.67. The Kier molecular flexibility index (Phi) is 7.02. The fourth-order valence-corrected chi connectivity index (χ4v) is 3.83. The van der Waals surface area contributed by atoms with Crippen LogP contribution in [0.25, 0.3) is 0 Å². The Morgan fingerprint density at radius 2 is 1.46 bits per heavy atom. The number of ketones is 1. The summed E-state index contributed by atoms with van der Waals surface area (Å²) in [5.41, 5.74) is 0.333. The van der Waals surface area contributed by atoms with E-state index in [4.69, 9.17) is 4.74 Å². The van der Waals surface area contributed by atoms with Gasteiger partial charge < -0.3 is 25.8 Å². The first kappa shape index (κ1) is 23.8. The van der Waals surface area contributed by atoms with E-state index in [0.29, 0.717) is 18.7 Å². The number of rotatable bonds is 7. The zero-order chi connectivity index (χ0) is 24.9. The van der Waals surface area contributed by atoms with Crippen LogP contribution in [0.15, 0.2) is 60.9 Å². The minimum Gasteiger partial charge on any atom is -0.507 e. The Balaban J connectivity index is 1.43. The molecule has 1 saturated heterocycles. The third kappa shape index (κ3) is 5.12. The van der Waals surface area contributed by atoms with Crippen molar-refractivity contribution < 1.29 is 28.6 Å². The smallest absolute Gasteiger partial charge is 0.251 e. The molecule has 180 valence electrons. The number of carbonyl (C=O) groups excluding carboxylic acids is 3. The number of amides is 2. The third-order valence-electron chi connectivity index (χ3n) is 5.73. The van der Waals surface area contributed by atoms with E-state index in [0.717, 1.165) is 0 Å². The summed E-state index contributed by atoms with van der Waals surface area (Å²) in [6.07, 6.45) is 3.05. The van der Waals surface area contributed by atoms with Gasteiger partial charge in [-0.15, -0.1) is 0 Å². The average molecular weight is 478 g/mol. The first-order valence-electron chi connectivity index (χ1n) is 10.8. The van der Waals surface area contributed by atoms with Crippen LogP contribution in [0.3, 0.4) is 0 Å².